The second-order valence-corrected chi connectivity index (χ2v) is 12.9. The Morgan fingerprint density at radius 3 is 2.52 bits per heavy atom. The van der Waals surface area contributed by atoms with Gasteiger partial charge in [0.15, 0.2) is 0 Å². The van der Waals surface area contributed by atoms with Crippen LogP contribution in [0.3, 0.4) is 0 Å². The summed E-state index contributed by atoms with van der Waals surface area (Å²) in [5.41, 5.74) is 0.201. The summed E-state index contributed by atoms with van der Waals surface area (Å²) in [6.45, 7) is 12.8. The highest BCUT2D eigenvalue weighted by molar-refractivity contribution is 8.03. The first-order valence-electron chi connectivity index (χ1n) is 13.5. The molecule has 4 aliphatic rings. The zero-order chi connectivity index (χ0) is 29.0. The lowest BCUT2D eigenvalue weighted by Gasteiger charge is -2.46. The van der Waals surface area contributed by atoms with Gasteiger partial charge in [-0.15, -0.1) is 11.8 Å². The van der Waals surface area contributed by atoms with Gasteiger partial charge in [0.2, 0.25) is 5.91 Å². The molecule has 4 aliphatic heterocycles. The van der Waals surface area contributed by atoms with Crippen molar-refractivity contribution in [1.29, 1.82) is 0 Å². The van der Waals surface area contributed by atoms with Crippen LogP contribution in [0.4, 0.5) is 9.59 Å². The fourth-order valence-electron chi connectivity index (χ4n) is 5.72. The number of urea groups is 1. The largest absolute Gasteiger partial charge is 0.457 e. The summed E-state index contributed by atoms with van der Waals surface area (Å²) in [4.78, 5) is 57.2. The van der Waals surface area contributed by atoms with Crippen LogP contribution in [0.15, 0.2) is 35.9 Å². The molecule has 4 heterocycles. The third-order valence-corrected chi connectivity index (χ3v) is 10.1. The van der Waals surface area contributed by atoms with Gasteiger partial charge in [-0.3, -0.25) is 4.79 Å². The molecule has 3 fully saturated rings. The Morgan fingerprint density at radius 1 is 1.20 bits per heavy atom. The van der Waals surface area contributed by atoms with Crippen molar-refractivity contribution in [3.8, 4) is 0 Å². The van der Waals surface area contributed by atoms with Gasteiger partial charge in [-0.2, -0.15) is 11.8 Å². The van der Waals surface area contributed by atoms with Crippen LogP contribution in [0.1, 0.15) is 20.3 Å². The maximum atomic E-state index is 13.1. The van der Waals surface area contributed by atoms with Crippen molar-refractivity contribution in [2.75, 3.05) is 50.9 Å². The molecule has 0 aromatic heterocycles. The molecule has 3 saturated heterocycles. The molecule has 2 N–H and O–H groups in total. The molecule has 0 bridgehead atoms. The van der Waals surface area contributed by atoms with Gasteiger partial charge in [-0.25, -0.2) is 14.4 Å². The molecule has 11 nitrogen and oxygen atoms in total. The maximum absolute atomic E-state index is 13.1. The lowest BCUT2D eigenvalue weighted by Crippen LogP contribution is -2.63. The van der Waals surface area contributed by atoms with Crippen LogP contribution in [0, 0.1) is 11.8 Å². The molecule has 0 spiro atoms. The van der Waals surface area contributed by atoms with Gasteiger partial charge in [0.05, 0.1) is 24.1 Å². The van der Waals surface area contributed by atoms with Crippen molar-refractivity contribution in [3.05, 3.63) is 35.9 Å². The smallest absolute Gasteiger partial charge is 0.410 e. The molecule has 6 atom stereocenters. The van der Waals surface area contributed by atoms with E-state index in [-0.39, 0.29) is 60.6 Å². The van der Waals surface area contributed by atoms with Crippen LogP contribution in [0.2, 0.25) is 0 Å². The summed E-state index contributed by atoms with van der Waals surface area (Å²) in [6.07, 6.45) is 2.16. The van der Waals surface area contributed by atoms with Crippen LogP contribution in [-0.2, 0) is 19.1 Å². The van der Waals surface area contributed by atoms with E-state index in [0.29, 0.717) is 31.0 Å². The Morgan fingerprint density at radius 2 is 1.88 bits per heavy atom. The molecular formula is C27H38N4O7S2. The SMILES string of the molecule is C=CCOC(=O)C1=C(S[C@H]2C[C@@H](CNC(=O)N3CCSCC3)N(C(=O)OCC=C)C2)[C@H](C)[C@@H]2C([C@@H](C)O)C(=O)N12. The first-order chi connectivity index (χ1) is 19.2. The molecule has 220 valence electrons. The zero-order valence-electron chi connectivity index (χ0n) is 23.0. The van der Waals surface area contributed by atoms with Gasteiger partial charge in [0.1, 0.15) is 18.9 Å². The van der Waals surface area contributed by atoms with E-state index >= 15 is 0 Å². The number of carbonyl (C=O) groups is 4. The fraction of sp³-hybridized carbons (Fsp3) is 0.630. The first kappa shape index (κ1) is 30.3. The number of ether oxygens (including phenoxy) is 2. The number of likely N-dealkylation sites (tertiary alicyclic amines) is 1. The van der Waals surface area contributed by atoms with Gasteiger partial charge in [0, 0.05) is 53.8 Å². The Balaban J connectivity index is 1.52. The minimum Gasteiger partial charge on any atom is -0.457 e. The molecule has 0 aromatic rings. The Hall–Kier alpha value is -2.64. The summed E-state index contributed by atoms with van der Waals surface area (Å²) in [5.74, 6) is 0.0859. The van der Waals surface area contributed by atoms with E-state index in [9.17, 15) is 24.3 Å². The van der Waals surface area contributed by atoms with E-state index in [1.807, 2.05) is 18.7 Å². The first-order valence-corrected chi connectivity index (χ1v) is 15.6. The zero-order valence-corrected chi connectivity index (χ0v) is 24.6. The predicted octanol–water partition coefficient (Wildman–Crippen LogP) is 2.04. The predicted molar refractivity (Wildman–Crippen MR) is 153 cm³/mol. The van der Waals surface area contributed by atoms with Crippen LogP contribution >= 0.6 is 23.5 Å². The maximum Gasteiger partial charge on any atom is 0.410 e. The number of esters is 1. The average molecular weight is 595 g/mol. The number of thioether (sulfide) groups is 2. The monoisotopic (exact) mass is 594 g/mol. The molecule has 4 rings (SSSR count). The lowest BCUT2D eigenvalue weighted by molar-refractivity contribution is -0.164. The van der Waals surface area contributed by atoms with Crippen molar-refractivity contribution < 1.29 is 33.8 Å². The van der Waals surface area contributed by atoms with Crippen molar-refractivity contribution in [1.82, 2.24) is 20.0 Å². The number of nitrogens with one attached hydrogen (secondary N) is 1. The van der Waals surface area contributed by atoms with E-state index in [0.717, 1.165) is 11.5 Å². The standard InChI is InChI=1S/C27H38N4O7S2/c1-5-9-37-25(34)22-23(16(3)21-20(17(4)32)24(33)31(21)22)40-19-13-18(30(15-19)27(36)38-10-6-2)14-28-26(35)29-7-11-39-12-8-29/h5-6,16-21,32H,1-2,7-15H2,3-4H3,(H,28,35)/t16-,17-,18+,19+,20?,21-/m1/s1. The molecular weight excluding hydrogens is 556 g/mol. The van der Waals surface area contributed by atoms with E-state index in [1.54, 1.807) is 16.7 Å². The highest BCUT2D eigenvalue weighted by Crippen LogP contribution is 2.52. The second-order valence-electron chi connectivity index (χ2n) is 10.3. The fourth-order valence-corrected chi connectivity index (χ4v) is 8.19. The summed E-state index contributed by atoms with van der Waals surface area (Å²) in [5, 5.41) is 13.1. The number of hydrogen-bond donors (Lipinski definition) is 2. The van der Waals surface area contributed by atoms with E-state index < -0.39 is 24.1 Å². The molecule has 0 aromatic carbocycles. The van der Waals surface area contributed by atoms with Crippen molar-refractivity contribution in [2.45, 2.75) is 43.7 Å². The van der Waals surface area contributed by atoms with Crippen LogP contribution in [0.25, 0.3) is 0 Å². The van der Waals surface area contributed by atoms with Crippen molar-refractivity contribution in [3.63, 3.8) is 0 Å². The summed E-state index contributed by atoms with van der Waals surface area (Å²) < 4.78 is 10.7. The quantitative estimate of drug-likeness (QED) is 0.222. The highest BCUT2D eigenvalue weighted by atomic mass is 32.2. The second kappa shape index (κ2) is 13.3. The van der Waals surface area contributed by atoms with Gasteiger partial charge in [-0.1, -0.05) is 32.2 Å². The molecule has 0 radical (unpaired) electrons. The molecule has 40 heavy (non-hydrogen) atoms. The number of β-lactam (4-membered cyclic amide) rings is 1. The third-order valence-electron chi connectivity index (χ3n) is 7.65. The van der Waals surface area contributed by atoms with Gasteiger partial charge in [0.25, 0.3) is 0 Å². The number of carbonyl (C=O) groups excluding carboxylic acids is 4. The Labute approximate surface area is 243 Å². The molecule has 4 amide bonds. The Bertz CT molecular complexity index is 1060. The number of hydrogen-bond acceptors (Lipinski definition) is 9. The van der Waals surface area contributed by atoms with Gasteiger partial charge in [-0.05, 0) is 13.3 Å². The molecule has 13 heteroatoms. The number of rotatable bonds is 10. The number of amides is 4. The molecule has 0 saturated carbocycles. The minimum atomic E-state index is -0.848. The topological polar surface area (TPSA) is 129 Å². The van der Waals surface area contributed by atoms with E-state index in [4.69, 9.17) is 9.47 Å². The molecule has 1 unspecified atom stereocenters. The van der Waals surface area contributed by atoms with Crippen LogP contribution < -0.4 is 5.32 Å². The van der Waals surface area contributed by atoms with E-state index in [1.165, 1.54) is 28.8 Å². The van der Waals surface area contributed by atoms with Gasteiger partial charge >= 0.3 is 18.1 Å². The number of aliphatic hydroxyl groups is 1. The van der Waals surface area contributed by atoms with Gasteiger partial charge < -0.3 is 34.6 Å². The normalized spacial score (nSPS) is 28.5. The molecule has 0 aliphatic carbocycles. The summed E-state index contributed by atoms with van der Waals surface area (Å²) in [7, 11) is 0. The third kappa shape index (κ3) is 6.15. The van der Waals surface area contributed by atoms with Crippen LogP contribution in [0.5, 0.6) is 0 Å². The summed E-state index contributed by atoms with van der Waals surface area (Å²) in [6, 6.07) is -0.799. The summed E-state index contributed by atoms with van der Waals surface area (Å²) >= 11 is 3.27. The average Bonchev–Trinajstić information content (AvgIpc) is 3.46. The van der Waals surface area contributed by atoms with E-state index in [2.05, 4.69) is 18.5 Å². The van der Waals surface area contributed by atoms with Crippen LogP contribution in [-0.4, -0.2) is 118 Å². The number of aliphatic hydroxyl groups excluding tert-OH is 1. The van der Waals surface area contributed by atoms with Crippen molar-refractivity contribution in [2.24, 2.45) is 11.8 Å². The minimum absolute atomic E-state index is 0.00498. The van der Waals surface area contributed by atoms with Crippen molar-refractivity contribution >= 4 is 47.5 Å². The lowest BCUT2D eigenvalue weighted by atomic mass is 9.79. The Kier molecular flexibility index (Phi) is 10.1. The number of fused-ring (bicyclic) bond motifs is 1. The highest BCUT2D eigenvalue weighted by Gasteiger charge is 2.60. The number of nitrogens with zero attached hydrogens (tertiary/aromatic N) is 3.